The van der Waals surface area contributed by atoms with Crippen LogP contribution in [0.25, 0.3) is 33.3 Å². The van der Waals surface area contributed by atoms with Crippen LogP contribution < -0.4 is 4.74 Å². The van der Waals surface area contributed by atoms with Crippen LogP contribution in [-0.4, -0.2) is 22.2 Å². The van der Waals surface area contributed by atoms with Crippen molar-refractivity contribution in [2.45, 2.75) is 12.5 Å². The second-order valence-electron chi connectivity index (χ2n) is 8.01. The van der Waals surface area contributed by atoms with Gasteiger partial charge < -0.3 is 14.8 Å². The largest absolute Gasteiger partial charge is 0.478 e. The zero-order valence-electron chi connectivity index (χ0n) is 17.9. The van der Waals surface area contributed by atoms with E-state index in [1.807, 2.05) is 72.8 Å². The van der Waals surface area contributed by atoms with Crippen molar-refractivity contribution in [3.63, 3.8) is 0 Å². The molecule has 1 atom stereocenters. The maximum Gasteiger partial charge on any atom is 0.345 e. The second kappa shape index (κ2) is 9.05. The molecule has 1 heterocycles. The highest BCUT2D eigenvalue weighted by atomic mass is 16.5. The van der Waals surface area contributed by atoms with Gasteiger partial charge in [0.15, 0.2) is 6.10 Å². The lowest BCUT2D eigenvalue weighted by molar-refractivity contribution is -0.145. The van der Waals surface area contributed by atoms with E-state index < -0.39 is 12.1 Å². The lowest BCUT2D eigenvalue weighted by Crippen LogP contribution is -2.29. The summed E-state index contributed by atoms with van der Waals surface area (Å²) in [7, 11) is 0. The van der Waals surface area contributed by atoms with Crippen LogP contribution in [0.5, 0.6) is 5.75 Å². The van der Waals surface area contributed by atoms with Crippen molar-refractivity contribution in [3.05, 3.63) is 115 Å². The molecule has 0 amide bonds. The van der Waals surface area contributed by atoms with Crippen molar-refractivity contribution in [3.8, 4) is 28.3 Å². The quantitative estimate of drug-likeness (QED) is 0.305. The number of ether oxygens (including phenoxy) is 1. The minimum absolute atomic E-state index is 0.309. The molecule has 4 aromatic carbocycles. The number of hydrogen-bond acceptors (Lipinski definition) is 2. The first kappa shape index (κ1) is 20.6. The fraction of sp³-hybridized carbons (Fsp3) is 0.0690. The Hall–Kier alpha value is -4.31. The number of rotatable bonds is 7. The zero-order valence-corrected chi connectivity index (χ0v) is 17.9. The van der Waals surface area contributed by atoms with Crippen LogP contribution in [0.15, 0.2) is 109 Å². The third-order valence-electron chi connectivity index (χ3n) is 5.71. The van der Waals surface area contributed by atoms with Gasteiger partial charge in [-0.1, -0.05) is 78.9 Å². The number of aliphatic carboxylic acids is 1. The Morgan fingerprint density at radius 3 is 2.09 bits per heavy atom. The number of H-pyrrole nitrogens is 1. The van der Waals surface area contributed by atoms with E-state index in [0.29, 0.717) is 12.2 Å². The van der Waals surface area contributed by atoms with Crippen LogP contribution in [0.2, 0.25) is 0 Å². The Morgan fingerprint density at radius 2 is 1.36 bits per heavy atom. The van der Waals surface area contributed by atoms with E-state index in [4.69, 9.17) is 4.74 Å². The maximum absolute atomic E-state index is 11.7. The third-order valence-corrected chi connectivity index (χ3v) is 5.71. The van der Waals surface area contributed by atoms with Crippen LogP contribution in [0.3, 0.4) is 0 Å². The van der Waals surface area contributed by atoms with Gasteiger partial charge in [-0.05, 0) is 57.8 Å². The van der Waals surface area contributed by atoms with Gasteiger partial charge in [0.25, 0.3) is 0 Å². The highest BCUT2D eigenvalue weighted by Crippen LogP contribution is 2.29. The number of fused-ring (bicyclic) bond motifs is 1. The van der Waals surface area contributed by atoms with Crippen molar-refractivity contribution in [2.24, 2.45) is 0 Å². The van der Waals surface area contributed by atoms with Crippen molar-refractivity contribution in [2.75, 3.05) is 0 Å². The fourth-order valence-corrected chi connectivity index (χ4v) is 3.99. The van der Waals surface area contributed by atoms with E-state index in [-0.39, 0.29) is 0 Å². The summed E-state index contributed by atoms with van der Waals surface area (Å²) in [5, 5.41) is 11.7. The summed E-state index contributed by atoms with van der Waals surface area (Å²) in [6, 6.07) is 35.8. The smallest absolute Gasteiger partial charge is 0.345 e. The van der Waals surface area contributed by atoms with E-state index in [0.717, 1.165) is 38.9 Å². The third kappa shape index (κ3) is 4.65. The SMILES string of the molecule is O=C(O)C(Cc1ccccc1)Oc1ccc2cc(-c3ccc(-c4ccccc4)[nH]3)ccc2c1. The van der Waals surface area contributed by atoms with Crippen LogP contribution in [0.4, 0.5) is 0 Å². The molecule has 0 spiro atoms. The molecule has 0 saturated heterocycles. The average molecular weight is 434 g/mol. The molecule has 0 radical (unpaired) electrons. The summed E-state index contributed by atoms with van der Waals surface area (Å²) >= 11 is 0. The molecule has 1 aromatic heterocycles. The van der Waals surface area contributed by atoms with Crippen LogP contribution in [0.1, 0.15) is 5.56 Å². The minimum Gasteiger partial charge on any atom is -0.478 e. The molecule has 0 saturated carbocycles. The molecule has 5 aromatic rings. The van der Waals surface area contributed by atoms with Gasteiger partial charge >= 0.3 is 5.97 Å². The average Bonchev–Trinajstić information content (AvgIpc) is 3.35. The van der Waals surface area contributed by atoms with Gasteiger partial charge in [0.05, 0.1) is 0 Å². The van der Waals surface area contributed by atoms with E-state index >= 15 is 0 Å². The summed E-state index contributed by atoms with van der Waals surface area (Å²) in [5.41, 5.74) is 5.29. The molecule has 4 nitrogen and oxygen atoms in total. The molecule has 162 valence electrons. The number of hydrogen-bond donors (Lipinski definition) is 2. The van der Waals surface area contributed by atoms with Gasteiger partial charge in [-0.3, -0.25) is 0 Å². The van der Waals surface area contributed by atoms with Crippen molar-refractivity contribution in [1.82, 2.24) is 4.98 Å². The molecular formula is C29H23NO3. The van der Waals surface area contributed by atoms with Crippen molar-refractivity contribution < 1.29 is 14.6 Å². The van der Waals surface area contributed by atoms with Crippen LogP contribution in [0, 0.1) is 0 Å². The first-order chi connectivity index (χ1) is 16.2. The van der Waals surface area contributed by atoms with E-state index in [2.05, 4.69) is 41.4 Å². The fourth-order valence-electron chi connectivity index (χ4n) is 3.99. The molecule has 5 rings (SSSR count). The molecule has 4 heteroatoms. The normalized spacial score (nSPS) is 11.9. The number of carboxylic acids is 1. The summed E-state index contributed by atoms with van der Waals surface area (Å²) in [6.07, 6.45) is -0.636. The van der Waals surface area contributed by atoms with Crippen molar-refractivity contribution in [1.29, 1.82) is 0 Å². The van der Waals surface area contributed by atoms with Crippen molar-refractivity contribution >= 4 is 16.7 Å². The predicted octanol–water partition coefficient (Wildman–Crippen LogP) is 6.58. The minimum atomic E-state index is -0.977. The van der Waals surface area contributed by atoms with E-state index in [1.54, 1.807) is 0 Å². The number of carboxylic acid groups (broad SMARTS) is 1. The number of aromatic nitrogens is 1. The molecule has 0 aliphatic rings. The maximum atomic E-state index is 11.7. The van der Waals surface area contributed by atoms with Gasteiger partial charge in [-0.2, -0.15) is 0 Å². The topological polar surface area (TPSA) is 62.3 Å². The lowest BCUT2D eigenvalue weighted by atomic mass is 10.0. The Balaban J connectivity index is 1.37. The Bertz CT molecular complexity index is 1390. The van der Waals surface area contributed by atoms with Gasteiger partial charge in [0.1, 0.15) is 5.75 Å². The molecule has 0 bridgehead atoms. The zero-order chi connectivity index (χ0) is 22.6. The number of benzene rings is 4. The highest BCUT2D eigenvalue weighted by Gasteiger charge is 2.20. The summed E-state index contributed by atoms with van der Waals surface area (Å²) in [4.78, 5) is 15.2. The molecule has 0 fully saturated rings. The molecule has 0 aliphatic heterocycles. The summed E-state index contributed by atoms with van der Waals surface area (Å²) in [6.45, 7) is 0. The van der Waals surface area contributed by atoms with Gasteiger partial charge in [0, 0.05) is 17.8 Å². The predicted molar refractivity (Wildman–Crippen MR) is 131 cm³/mol. The van der Waals surface area contributed by atoms with Gasteiger partial charge in [0.2, 0.25) is 0 Å². The second-order valence-corrected chi connectivity index (χ2v) is 8.01. The first-order valence-corrected chi connectivity index (χ1v) is 10.9. The number of carbonyl (C=O) groups is 1. The summed E-state index contributed by atoms with van der Waals surface area (Å²) in [5.74, 6) is -0.430. The Morgan fingerprint density at radius 1 is 0.727 bits per heavy atom. The molecule has 0 aliphatic carbocycles. The van der Waals surface area contributed by atoms with Crippen LogP contribution >= 0.6 is 0 Å². The summed E-state index contributed by atoms with van der Waals surface area (Å²) < 4.78 is 5.85. The number of nitrogens with one attached hydrogen (secondary N) is 1. The van der Waals surface area contributed by atoms with Crippen LogP contribution in [-0.2, 0) is 11.2 Å². The lowest BCUT2D eigenvalue weighted by Gasteiger charge is -2.16. The molecular weight excluding hydrogens is 410 g/mol. The Kier molecular flexibility index (Phi) is 5.64. The molecule has 2 N–H and O–H groups in total. The van der Waals surface area contributed by atoms with Gasteiger partial charge in [-0.25, -0.2) is 4.79 Å². The van der Waals surface area contributed by atoms with Gasteiger partial charge in [-0.15, -0.1) is 0 Å². The first-order valence-electron chi connectivity index (χ1n) is 10.9. The molecule has 33 heavy (non-hydrogen) atoms. The molecule has 1 unspecified atom stereocenters. The van der Waals surface area contributed by atoms with E-state index in [1.165, 1.54) is 0 Å². The highest BCUT2D eigenvalue weighted by molar-refractivity contribution is 5.88. The monoisotopic (exact) mass is 433 g/mol. The van der Waals surface area contributed by atoms with E-state index in [9.17, 15) is 9.90 Å². The number of aromatic amines is 1. The Labute approximate surface area is 192 Å². The standard InChI is InChI=1S/C29H23NO3/c31-29(32)28(17-20-7-3-1-4-8-20)33-25-14-13-22-18-24(12-11-23(22)19-25)27-16-15-26(30-27)21-9-5-2-6-10-21/h1-16,18-19,28,30H,17H2,(H,31,32).